The van der Waals surface area contributed by atoms with Crippen molar-refractivity contribution in [3.05, 3.63) is 59.7 Å². The zero-order chi connectivity index (χ0) is 20.1. The van der Waals surface area contributed by atoms with Crippen LogP contribution in [0.5, 0.6) is 11.5 Å². The highest BCUT2D eigenvalue weighted by Gasteiger charge is 2.38. The maximum absolute atomic E-state index is 12.5. The normalized spacial score (nSPS) is 16.2. The van der Waals surface area contributed by atoms with Crippen LogP contribution in [0.15, 0.2) is 48.5 Å². The third-order valence-electron chi connectivity index (χ3n) is 4.43. The molecule has 0 saturated carbocycles. The molecule has 1 atom stereocenters. The van der Waals surface area contributed by atoms with Crippen molar-refractivity contribution < 1.29 is 23.9 Å². The predicted molar refractivity (Wildman–Crippen MR) is 101 cm³/mol. The van der Waals surface area contributed by atoms with Gasteiger partial charge < -0.3 is 9.47 Å². The largest absolute Gasteiger partial charge is 0.493 e. The molecule has 2 aromatic rings. The molecule has 1 saturated heterocycles. The van der Waals surface area contributed by atoms with Crippen molar-refractivity contribution in [3.8, 4) is 11.5 Å². The Balaban J connectivity index is 1.61. The third-order valence-corrected chi connectivity index (χ3v) is 4.43. The number of imide groups is 1. The number of nitrogens with one attached hydrogen (secondary N) is 2. The molecule has 1 aliphatic heterocycles. The van der Waals surface area contributed by atoms with Gasteiger partial charge in [0, 0.05) is 5.56 Å². The van der Waals surface area contributed by atoms with Crippen LogP contribution in [0, 0.1) is 0 Å². The molecular weight excluding hydrogens is 362 g/mol. The molecule has 28 heavy (non-hydrogen) atoms. The van der Waals surface area contributed by atoms with E-state index in [0.29, 0.717) is 17.1 Å². The molecule has 0 bridgehead atoms. The van der Waals surface area contributed by atoms with E-state index in [1.54, 1.807) is 12.1 Å². The van der Waals surface area contributed by atoms with Gasteiger partial charge in [-0.25, -0.2) is 5.43 Å². The van der Waals surface area contributed by atoms with Gasteiger partial charge in [0.05, 0.1) is 27.2 Å². The first-order valence-electron chi connectivity index (χ1n) is 8.69. The van der Waals surface area contributed by atoms with Gasteiger partial charge in [-0.15, -0.1) is 0 Å². The Morgan fingerprint density at radius 1 is 1.07 bits per heavy atom. The van der Waals surface area contributed by atoms with E-state index in [4.69, 9.17) is 9.47 Å². The first-order valence-corrected chi connectivity index (χ1v) is 8.69. The number of hydrogen-bond acceptors (Lipinski definition) is 6. The Labute approximate surface area is 162 Å². The van der Waals surface area contributed by atoms with E-state index in [2.05, 4.69) is 10.9 Å². The monoisotopic (exact) mass is 383 g/mol. The minimum atomic E-state index is -0.805. The number of hydrazine groups is 1. The number of nitrogens with zero attached hydrogens (tertiary/aromatic N) is 1. The average Bonchev–Trinajstić information content (AvgIpc) is 2.99. The van der Waals surface area contributed by atoms with Crippen molar-refractivity contribution in [1.82, 2.24) is 15.8 Å². The van der Waals surface area contributed by atoms with Crippen molar-refractivity contribution in [1.29, 1.82) is 0 Å². The molecule has 0 spiro atoms. The van der Waals surface area contributed by atoms with Crippen LogP contribution < -0.4 is 20.3 Å². The van der Waals surface area contributed by atoms with Crippen LogP contribution in [-0.4, -0.2) is 42.9 Å². The van der Waals surface area contributed by atoms with Gasteiger partial charge in [0.25, 0.3) is 5.91 Å². The fraction of sp³-hybridized carbons (Fsp3) is 0.250. The SMILES string of the molecule is COc1ccc(C(=O)NN[C@H]2CC(=O)N(Cc3ccccc3)C2=O)cc1OC. The van der Waals surface area contributed by atoms with Gasteiger partial charge in [-0.1, -0.05) is 30.3 Å². The Morgan fingerprint density at radius 2 is 1.79 bits per heavy atom. The van der Waals surface area contributed by atoms with E-state index in [9.17, 15) is 14.4 Å². The predicted octanol–water partition coefficient (Wildman–Crippen LogP) is 1.27. The number of carbonyl (C=O) groups excluding carboxylic acids is 3. The van der Waals surface area contributed by atoms with Gasteiger partial charge in [0.2, 0.25) is 11.8 Å². The Kier molecular flexibility index (Phi) is 5.90. The number of ether oxygens (including phenoxy) is 2. The fourth-order valence-corrected chi connectivity index (χ4v) is 2.93. The van der Waals surface area contributed by atoms with Crippen LogP contribution in [0.4, 0.5) is 0 Å². The van der Waals surface area contributed by atoms with Crippen LogP contribution in [-0.2, 0) is 16.1 Å². The van der Waals surface area contributed by atoms with Crippen LogP contribution in [0.25, 0.3) is 0 Å². The van der Waals surface area contributed by atoms with E-state index >= 15 is 0 Å². The van der Waals surface area contributed by atoms with Gasteiger partial charge in [-0.2, -0.15) is 0 Å². The van der Waals surface area contributed by atoms with E-state index in [-0.39, 0.29) is 24.8 Å². The molecule has 2 aromatic carbocycles. The van der Waals surface area contributed by atoms with Crippen molar-refractivity contribution in [2.45, 2.75) is 19.0 Å². The first-order chi connectivity index (χ1) is 13.5. The van der Waals surface area contributed by atoms with Crippen molar-refractivity contribution >= 4 is 17.7 Å². The van der Waals surface area contributed by atoms with Crippen LogP contribution in [0.3, 0.4) is 0 Å². The lowest BCUT2D eigenvalue weighted by atomic mass is 10.2. The first kappa shape index (κ1) is 19.4. The summed E-state index contributed by atoms with van der Waals surface area (Å²) in [7, 11) is 2.98. The maximum Gasteiger partial charge on any atom is 0.265 e. The van der Waals surface area contributed by atoms with E-state index < -0.39 is 11.9 Å². The Bertz CT molecular complexity index is 885. The minimum Gasteiger partial charge on any atom is -0.493 e. The highest BCUT2D eigenvalue weighted by atomic mass is 16.5. The number of methoxy groups -OCH3 is 2. The summed E-state index contributed by atoms with van der Waals surface area (Å²) in [6.45, 7) is 0.209. The summed E-state index contributed by atoms with van der Waals surface area (Å²) < 4.78 is 10.3. The molecule has 0 unspecified atom stereocenters. The summed E-state index contributed by atoms with van der Waals surface area (Å²) in [4.78, 5) is 38.2. The van der Waals surface area contributed by atoms with Crippen molar-refractivity contribution in [3.63, 3.8) is 0 Å². The van der Waals surface area contributed by atoms with E-state index in [1.165, 1.54) is 25.2 Å². The summed E-state index contributed by atoms with van der Waals surface area (Å²) in [5.41, 5.74) is 6.32. The minimum absolute atomic E-state index is 0.0160. The molecule has 8 nitrogen and oxygen atoms in total. The van der Waals surface area contributed by atoms with Crippen molar-refractivity contribution in [2.75, 3.05) is 14.2 Å². The maximum atomic E-state index is 12.5. The number of benzene rings is 2. The van der Waals surface area contributed by atoms with Gasteiger partial charge in [0.1, 0.15) is 6.04 Å². The second-order valence-electron chi connectivity index (χ2n) is 6.23. The quantitative estimate of drug-likeness (QED) is 0.552. The smallest absolute Gasteiger partial charge is 0.265 e. The Morgan fingerprint density at radius 3 is 2.46 bits per heavy atom. The number of rotatable bonds is 7. The third kappa shape index (κ3) is 4.12. The second-order valence-corrected chi connectivity index (χ2v) is 6.23. The molecule has 146 valence electrons. The lowest BCUT2D eigenvalue weighted by Gasteiger charge is -2.16. The van der Waals surface area contributed by atoms with Gasteiger partial charge in [0.15, 0.2) is 11.5 Å². The summed E-state index contributed by atoms with van der Waals surface area (Å²) in [5.74, 6) is -0.202. The zero-order valence-corrected chi connectivity index (χ0v) is 15.6. The lowest BCUT2D eigenvalue weighted by Crippen LogP contribution is -2.48. The molecule has 1 heterocycles. The van der Waals surface area contributed by atoms with Crippen LogP contribution >= 0.6 is 0 Å². The van der Waals surface area contributed by atoms with Gasteiger partial charge >= 0.3 is 0 Å². The molecule has 0 radical (unpaired) electrons. The number of carbonyl (C=O) groups is 3. The van der Waals surface area contributed by atoms with Crippen molar-refractivity contribution in [2.24, 2.45) is 0 Å². The molecule has 0 aromatic heterocycles. The van der Waals surface area contributed by atoms with Crippen LogP contribution in [0.1, 0.15) is 22.3 Å². The molecule has 0 aliphatic carbocycles. The summed E-state index contributed by atoms with van der Waals surface area (Å²) in [6, 6.07) is 13.2. The van der Waals surface area contributed by atoms with Crippen LogP contribution in [0.2, 0.25) is 0 Å². The molecule has 3 rings (SSSR count). The van der Waals surface area contributed by atoms with E-state index in [0.717, 1.165) is 5.56 Å². The zero-order valence-electron chi connectivity index (χ0n) is 15.6. The number of hydrogen-bond donors (Lipinski definition) is 2. The number of amides is 3. The molecular formula is C20H21N3O5. The molecule has 1 fully saturated rings. The summed E-state index contributed by atoms with van der Waals surface area (Å²) in [5, 5.41) is 0. The standard InChI is InChI=1S/C20H21N3O5/c1-27-16-9-8-14(10-17(16)28-2)19(25)22-21-15-11-18(24)23(20(15)26)12-13-6-4-3-5-7-13/h3-10,15,21H,11-12H2,1-2H3,(H,22,25)/t15-/m0/s1. The van der Waals surface area contributed by atoms with Gasteiger partial charge in [-0.3, -0.25) is 24.7 Å². The number of likely N-dealkylation sites (tertiary alicyclic amines) is 1. The summed E-state index contributed by atoms with van der Waals surface area (Å²) in [6.07, 6.45) is -0.0160. The highest BCUT2D eigenvalue weighted by Crippen LogP contribution is 2.27. The fourth-order valence-electron chi connectivity index (χ4n) is 2.93. The topological polar surface area (TPSA) is 97.0 Å². The van der Waals surface area contributed by atoms with E-state index in [1.807, 2.05) is 30.3 Å². The lowest BCUT2D eigenvalue weighted by molar-refractivity contribution is -0.139. The molecule has 2 N–H and O–H groups in total. The summed E-state index contributed by atoms with van der Waals surface area (Å²) >= 11 is 0. The van der Waals surface area contributed by atoms with Gasteiger partial charge in [-0.05, 0) is 23.8 Å². The molecule has 8 heteroatoms. The average molecular weight is 383 g/mol. The highest BCUT2D eigenvalue weighted by molar-refractivity contribution is 6.05. The molecule has 3 amide bonds. The molecule has 1 aliphatic rings. The second kappa shape index (κ2) is 8.53. The Hall–Kier alpha value is -3.39.